The first-order chi connectivity index (χ1) is 9.81. The number of hydrogen-bond acceptors (Lipinski definition) is 2. The maximum Gasteiger partial charge on any atom is 0.0991 e. The number of aryl methyl sites for hydroxylation is 1. The standard InChI is InChI=1S/C17H15N3/c1-2-3-13-4-7-15-12-19-20(17(15)10-13)16-8-5-14(11-18)6-9-16/h4-10,12H,2-3H2,1H3. The SMILES string of the molecule is CCCc1ccc2cnn(-c3ccc(C#N)cc3)c2c1. The van der Waals surface area contributed by atoms with E-state index in [2.05, 4.69) is 36.3 Å². The van der Waals surface area contributed by atoms with Crippen LogP contribution in [0.15, 0.2) is 48.7 Å². The van der Waals surface area contributed by atoms with E-state index in [1.807, 2.05) is 35.1 Å². The molecule has 3 heteroatoms. The lowest BCUT2D eigenvalue weighted by Gasteiger charge is -2.05. The van der Waals surface area contributed by atoms with Gasteiger partial charge in [-0.2, -0.15) is 10.4 Å². The van der Waals surface area contributed by atoms with E-state index in [-0.39, 0.29) is 0 Å². The van der Waals surface area contributed by atoms with Gasteiger partial charge in [-0.3, -0.25) is 0 Å². The molecular formula is C17H15N3. The van der Waals surface area contributed by atoms with Crippen LogP contribution in [0.3, 0.4) is 0 Å². The summed E-state index contributed by atoms with van der Waals surface area (Å²) in [5, 5.41) is 14.4. The highest BCUT2D eigenvalue weighted by atomic mass is 15.3. The van der Waals surface area contributed by atoms with E-state index in [1.165, 1.54) is 5.56 Å². The zero-order valence-corrected chi connectivity index (χ0v) is 11.4. The van der Waals surface area contributed by atoms with Crippen LogP contribution >= 0.6 is 0 Å². The summed E-state index contributed by atoms with van der Waals surface area (Å²) in [6.07, 6.45) is 4.09. The van der Waals surface area contributed by atoms with Crippen LogP contribution in [0.4, 0.5) is 0 Å². The molecule has 0 radical (unpaired) electrons. The van der Waals surface area contributed by atoms with Gasteiger partial charge >= 0.3 is 0 Å². The van der Waals surface area contributed by atoms with Crippen molar-refractivity contribution in [3.8, 4) is 11.8 Å². The van der Waals surface area contributed by atoms with Crippen LogP contribution in [-0.2, 0) is 6.42 Å². The van der Waals surface area contributed by atoms with E-state index < -0.39 is 0 Å². The zero-order valence-electron chi connectivity index (χ0n) is 11.4. The number of nitriles is 1. The second-order valence-electron chi connectivity index (χ2n) is 4.86. The van der Waals surface area contributed by atoms with Crippen LogP contribution < -0.4 is 0 Å². The Morgan fingerprint density at radius 2 is 1.95 bits per heavy atom. The lowest BCUT2D eigenvalue weighted by molar-refractivity contribution is 0.901. The van der Waals surface area contributed by atoms with E-state index in [1.54, 1.807) is 0 Å². The predicted octanol–water partition coefficient (Wildman–Crippen LogP) is 3.85. The average Bonchev–Trinajstić information content (AvgIpc) is 2.91. The van der Waals surface area contributed by atoms with Crippen molar-refractivity contribution in [2.45, 2.75) is 19.8 Å². The summed E-state index contributed by atoms with van der Waals surface area (Å²) >= 11 is 0. The molecule has 0 atom stereocenters. The Morgan fingerprint density at radius 1 is 1.15 bits per heavy atom. The maximum absolute atomic E-state index is 8.85. The molecule has 1 heterocycles. The van der Waals surface area contributed by atoms with Gasteiger partial charge in [-0.05, 0) is 42.3 Å². The molecule has 98 valence electrons. The van der Waals surface area contributed by atoms with Gasteiger partial charge in [0.05, 0.1) is 29.0 Å². The summed E-state index contributed by atoms with van der Waals surface area (Å²) < 4.78 is 1.93. The van der Waals surface area contributed by atoms with Crippen molar-refractivity contribution in [3.05, 3.63) is 59.8 Å². The van der Waals surface area contributed by atoms with Crippen molar-refractivity contribution in [2.24, 2.45) is 0 Å². The molecule has 0 bridgehead atoms. The molecule has 0 fully saturated rings. The van der Waals surface area contributed by atoms with Crippen LogP contribution in [0, 0.1) is 11.3 Å². The predicted molar refractivity (Wildman–Crippen MR) is 79.8 cm³/mol. The minimum Gasteiger partial charge on any atom is -0.233 e. The van der Waals surface area contributed by atoms with Gasteiger partial charge in [-0.15, -0.1) is 0 Å². The molecular weight excluding hydrogens is 246 g/mol. The molecule has 0 aliphatic carbocycles. The Balaban J connectivity index is 2.10. The van der Waals surface area contributed by atoms with Gasteiger partial charge < -0.3 is 0 Å². The van der Waals surface area contributed by atoms with E-state index in [0.717, 1.165) is 29.4 Å². The largest absolute Gasteiger partial charge is 0.233 e. The van der Waals surface area contributed by atoms with E-state index in [4.69, 9.17) is 5.26 Å². The summed E-state index contributed by atoms with van der Waals surface area (Å²) in [6.45, 7) is 2.18. The summed E-state index contributed by atoms with van der Waals surface area (Å²) in [4.78, 5) is 0. The van der Waals surface area contributed by atoms with E-state index in [9.17, 15) is 0 Å². The first-order valence-electron chi connectivity index (χ1n) is 6.79. The number of aromatic nitrogens is 2. The van der Waals surface area contributed by atoms with Gasteiger partial charge in [0.15, 0.2) is 0 Å². The van der Waals surface area contributed by atoms with Crippen molar-refractivity contribution < 1.29 is 0 Å². The molecule has 1 aromatic heterocycles. The average molecular weight is 261 g/mol. The molecule has 3 aromatic rings. The number of hydrogen-bond donors (Lipinski definition) is 0. The third kappa shape index (κ3) is 2.17. The quantitative estimate of drug-likeness (QED) is 0.718. The topological polar surface area (TPSA) is 41.6 Å². The number of fused-ring (bicyclic) bond motifs is 1. The Labute approximate surface area is 118 Å². The molecule has 0 unspecified atom stereocenters. The molecule has 0 saturated heterocycles. The third-order valence-electron chi connectivity index (χ3n) is 3.41. The van der Waals surface area contributed by atoms with Gasteiger partial charge in [0, 0.05) is 5.39 Å². The van der Waals surface area contributed by atoms with Crippen LogP contribution in [0.1, 0.15) is 24.5 Å². The first-order valence-corrected chi connectivity index (χ1v) is 6.79. The maximum atomic E-state index is 8.85. The lowest BCUT2D eigenvalue weighted by Crippen LogP contribution is -1.96. The summed E-state index contributed by atoms with van der Waals surface area (Å²) in [5.41, 5.74) is 4.08. The van der Waals surface area contributed by atoms with Crippen LogP contribution in [0.2, 0.25) is 0 Å². The summed E-state index contributed by atoms with van der Waals surface area (Å²) in [7, 11) is 0. The number of benzene rings is 2. The highest BCUT2D eigenvalue weighted by Crippen LogP contribution is 2.20. The zero-order chi connectivity index (χ0) is 13.9. The summed E-state index contributed by atoms with van der Waals surface area (Å²) in [6, 6.07) is 16.1. The monoisotopic (exact) mass is 261 g/mol. The van der Waals surface area contributed by atoms with Gasteiger partial charge in [-0.25, -0.2) is 4.68 Å². The van der Waals surface area contributed by atoms with Crippen molar-refractivity contribution in [3.63, 3.8) is 0 Å². The highest BCUT2D eigenvalue weighted by Gasteiger charge is 2.06. The van der Waals surface area contributed by atoms with E-state index >= 15 is 0 Å². The fourth-order valence-corrected chi connectivity index (χ4v) is 2.39. The minimum absolute atomic E-state index is 0.664. The van der Waals surface area contributed by atoms with Crippen molar-refractivity contribution in [1.82, 2.24) is 9.78 Å². The Hall–Kier alpha value is -2.60. The number of rotatable bonds is 3. The fourth-order valence-electron chi connectivity index (χ4n) is 2.39. The van der Waals surface area contributed by atoms with Crippen LogP contribution in [0.5, 0.6) is 0 Å². The molecule has 20 heavy (non-hydrogen) atoms. The normalized spacial score (nSPS) is 10.6. The fraction of sp³-hybridized carbons (Fsp3) is 0.176. The smallest absolute Gasteiger partial charge is 0.0991 e. The third-order valence-corrected chi connectivity index (χ3v) is 3.41. The molecule has 0 saturated carbocycles. The molecule has 2 aromatic carbocycles. The summed E-state index contributed by atoms with van der Waals surface area (Å²) in [5.74, 6) is 0. The van der Waals surface area contributed by atoms with Gasteiger partial charge in [0.2, 0.25) is 0 Å². The first kappa shape index (κ1) is 12.4. The highest BCUT2D eigenvalue weighted by molar-refractivity contribution is 5.81. The molecule has 0 aliphatic rings. The molecule has 3 rings (SSSR count). The molecule has 0 N–H and O–H groups in total. The van der Waals surface area contributed by atoms with Crippen LogP contribution in [-0.4, -0.2) is 9.78 Å². The van der Waals surface area contributed by atoms with Crippen molar-refractivity contribution in [1.29, 1.82) is 5.26 Å². The van der Waals surface area contributed by atoms with Gasteiger partial charge in [0.25, 0.3) is 0 Å². The molecule has 0 amide bonds. The van der Waals surface area contributed by atoms with Crippen LogP contribution in [0.25, 0.3) is 16.6 Å². The molecule has 0 aliphatic heterocycles. The second kappa shape index (κ2) is 5.18. The van der Waals surface area contributed by atoms with Crippen molar-refractivity contribution in [2.75, 3.05) is 0 Å². The molecule has 3 nitrogen and oxygen atoms in total. The number of nitrogens with zero attached hydrogens (tertiary/aromatic N) is 3. The molecule has 0 spiro atoms. The Bertz CT molecular complexity index is 776. The van der Waals surface area contributed by atoms with Gasteiger partial charge in [0.1, 0.15) is 0 Å². The lowest BCUT2D eigenvalue weighted by atomic mass is 10.1. The van der Waals surface area contributed by atoms with E-state index in [0.29, 0.717) is 5.56 Å². The van der Waals surface area contributed by atoms with Gasteiger partial charge in [-0.1, -0.05) is 25.5 Å². The Kier molecular flexibility index (Phi) is 3.22. The second-order valence-corrected chi connectivity index (χ2v) is 4.86. The Morgan fingerprint density at radius 3 is 2.65 bits per heavy atom. The minimum atomic E-state index is 0.664. The van der Waals surface area contributed by atoms with Crippen molar-refractivity contribution >= 4 is 10.9 Å².